The minimum absolute atomic E-state index is 0.220. The largest absolute Gasteiger partial charge is 0.478 e. The molecule has 1 aliphatic heterocycles. The van der Waals surface area contributed by atoms with Crippen molar-refractivity contribution in [2.24, 2.45) is 0 Å². The highest BCUT2D eigenvalue weighted by atomic mass is 16.5. The van der Waals surface area contributed by atoms with E-state index < -0.39 is 5.97 Å². The summed E-state index contributed by atoms with van der Waals surface area (Å²) in [5.74, 6) is -0.943. The molecule has 0 amide bonds. The van der Waals surface area contributed by atoms with E-state index in [0.717, 1.165) is 0 Å². The number of aromatic carboxylic acids is 1. The summed E-state index contributed by atoms with van der Waals surface area (Å²) in [4.78, 5) is 10.5. The molecule has 0 spiro atoms. The third-order valence-electron chi connectivity index (χ3n) is 1.84. The topological polar surface area (TPSA) is 64.3 Å². The van der Waals surface area contributed by atoms with Gasteiger partial charge in [-0.1, -0.05) is 0 Å². The van der Waals surface area contributed by atoms with Crippen LogP contribution in [-0.4, -0.2) is 34.1 Å². The molecule has 2 rings (SSSR count). The van der Waals surface area contributed by atoms with Crippen LogP contribution in [0.1, 0.15) is 16.4 Å². The zero-order valence-corrected chi connectivity index (χ0v) is 6.30. The van der Waals surface area contributed by atoms with E-state index in [0.29, 0.717) is 13.2 Å². The van der Waals surface area contributed by atoms with Crippen molar-refractivity contribution >= 4 is 5.97 Å². The molecule has 1 aliphatic rings. The number of rotatable bonds is 2. The number of carboxylic acids is 1. The Morgan fingerprint density at radius 2 is 2.50 bits per heavy atom. The number of hydrogen-bond donors (Lipinski definition) is 1. The van der Waals surface area contributed by atoms with Crippen LogP contribution in [0.4, 0.5) is 0 Å². The fourth-order valence-electron chi connectivity index (χ4n) is 1.02. The van der Waals surface area contributed by atoms with Crippen LogP contribution < -0.4 is 0 Å². The molecule has 0 saturated carbocycles. The Hall–Kier alpha value is -1.36. The lowest BCUT2D eigenvalue weighted by Crippen LogP contribution is -2.30. The molecule has 0 unspecified atom stereocenters. The zero-order chi connectivity index (χ0) is 8.55. The number of carboxylic acid groups (broad SMARTS) is 1. The molecule has 64 valence electrons. The molecule has 0 aromatic carbocycles. The van der Waals surface area contributed by atoms with E-state index in [1.165, 1.54) is 12.4 Å². The molecule has 2 heterocycles. The summed E-state index contributed by atoms with van der Waals surface area (Å²) < 4.78 is 6.58. The van der Waals surface area contributed by atoms with Crippen molar-refractivity contribution in [3.8, 4) is 0 Å². The standard InChI is InChI=1S/C7H8N2O3/c10-7(11)5-1-8-9(2-5)6-3-12-4-6/h1-2,6H,3-4H2,(H,10,11). The van der Waals surface area contributed by atoms with Crippen molar-refractivity contribution in [3.63, 3.8) is 0 Å². The molecule has 0 atom stereocenters. The van der Waals surface area contributed by atoms with Gasteiger partial charge in [0.1, 0.15) is 0 Å². The number of aromatic nitrogens is 2. The van der Waals surface area contributed by atoms with Crippen LogP contribution in [0.2, 0.25) is 0 Å². The van der Waals surface area contributed by atoms with Crippen LogP contribution in [0.15, 0.2) is 12.4 Å². The molecule has 1 fully saturated rings. The van der Waals surface area contributed by atoms with Crippen LogP contribution in [-0.2, 0) is 4.74 Å². The van der Waals surface area contributed by atoms with Gasteiger partial charge in [0.25, 0.3) is 0 Å². The number of hydrogen-bond acceptors (Lipinski definition) is 3. The van der Waals surface area contributed by atoms with Gasteiger partial charge in [0.2, 0.25) is 0 Å². The summed E-state index contributed by atoms with van der Waals surface area (Å²) >= 11 is 0. The molecular formula is C7H8N2O3. The Labute approximate surface area is 68.6 Å². The van der Waals surface area contributed by atoms with Crippen molar-refractivity contribution in [1.29, 1.82) is 0 Å². The van der Waals surface area contributed by atoms with Crippen molar-refractivity contribution in [1.82, 2.24) is 9.78 Å². The molecular weight excluding hydrogens is 160 g/mol. The molecule has 0 bridgehead atoms. The second-order valence-corrected chi connectivity index (χ2v) is 2.71. The Balaban J connectivity index is 2.17. The average Bonchev–Trinajstić information content (AvgIpc) is 2.32. The van der Waals surface area contributed by atoms with Gasteiger partial charge in [-0.25, -0.2) is 4.79 Å². The van der Waals surface area contributed by atoms with E-state index in [9.17, 15) is 4.79 Å². The summed E-state index contributed by atoms with van der Waals surface area (Å²) in [6, 6.07) is 0.220. The van der Waals surface area contributed by atoms with Crippen LogP contribution in [0, 0.1) is 0 Å². The van der Waals surface area contributed by atoms with Gasteiger partial charge < -0.3 is 9.84 Å². The number of carbonyl (C=O) groups is 1. The van der Waals surface area contributed by atoms with Crippen LogP contribution >= 0.6 is 0 Å². The number of nitrogens with zero attached hydrogens (tertiary/aromatic N) is 2. The molecule has 0 radical (unpaired) electrons. The van der Waals surface area contributed by atoms with Gasteiger partial charge in [-0.05, 0) is 0 Å². The summed E-state index contributed by atoms with van der Waals surface area (Å²) in [5, 5.41) is 12.5. The maximum absolute atomic E-state index is 10.5. The SMILES string of the molecule is O=C(O)c1cnn(C2COC2)c1. The molecule has 1 aromatic heterocycles. The van der Waals surface area contributed by atoms with Crippen LogP contribution in [0.5, 0.6) is 0 Å². The quantitative estimate of drug-likeness (QED) is 0.682. The van der Waals surface area contributed by atoms with E-state index in [2.05, 4.69) is 5.10 Å². The van der Waals surface area contributed by atoms with Crippen molar-refractivity contribution in [2.45, 2.75) is 6.04 Å². The summed E-state index contributed by atoms with van der Waals surface area (Å²) in [6.07, 6.45) is 2.87. The summed E-state index contributed by atoms with van der Waals surface area (Å²) in [6.45, 7) is 1.25. The fraction of sp³-hybridized carbons (Fsp3) is 0.429. The highest BCUT2D eigenvalue weighted by Crippen LogP contribution is 2.16. The van der Waals surface area contributed by atoms with Crippen molar-refractivity contribution < 1.29 is 14.6 Å². The third-order valence-corrected chi connectivity index (χ3v) is 1.84. The van der Waals surface area contributed by atoms with Crippen LogP contribution in [0.25, 0.3) is 0 Å². The molecule has 5 heteroatoms. The maximum atomic E-state index is 10.5. The van der Waals surface area contributed by atoms with E-state index in [4.69, 9.17) is 9.84 Å². The lowest BCUT2D eigenvalue weighted by Gasteiger charge is -2.25. The molecule has 0 aliphatic carbocycles. The van der Waals surface area contributed by atoms with E-state index in [1.54, 1.807) is 4.68 Å². The highest BCUT2D eigenvalue weighted by Gasteiger charge is 2.21. The Morgan fingerprint density at radius 3 is 2.92 bits per heavy atom. The first-order valence-corrected chi connectivity index (χ1v) is 3.62. The van der Waals surface area contributed by atoms with Gasteiger partial charge in [0, 0.05) is 6.20 Å². The first-order chi connectivity index (χ1) is 5.77. The normalized spacial score (nSPS) is 17.3. The van der Waals surface area contributed by atoms with E-state index >= 15 is 0 Å². The Morgan fingerprint density at radius 1 is 1.75 bits per heavy atom. The second kappa shape index (κ2) is 2.60. The summed E-state index contributed by atoms with van der Waals surface area (Å²) in [5.41, 5.74) is 0.224. The first-order valence-electron chi connectivity index (χ1n) is 3.62. The zero-order valence-electron chi connectivity index (χ0n) is 6.30. The molecule has 1 saturated heterocycles. The maximum Gasteiger partial charge on any atom is 0.338 e. The average molecular weight is 168 g/mol. The predicted molar refractivity (Wildman–Crippen MR) is 39.0 cm³/mol. The smallest absolute Gasteiger partial charge is 0.338 e. The van der Waals surface area contributed by atoms with Gasteiger partial charge in [0.05, 0.1) is 31.0 Å². The Bertz CT molecular complexity index is 303. The van der Waals surface area contributed by atoms with E-state index in [1.807, 2.05) is 0 Å². The van der Waals surface area contributed by atoms with Gasteiger partial charge in [-0.15, -0.1) is 0 Å². The molecule has 12 heavy (non-hydrogen) atoms. The van der Waals surface area contributed by atoms with Crippen molar-refractivity contribution in [2.75, 3.05) is 13.2 Å². The molecule has 1 N–H and O–H groups in total. The lowest BCUT2D eigenvalue weighted by atomic mass is 10.3. The predicted octanol–water partition coefficient (Wildman–Crippen LogP) is 0.153. The second-order valence-electron chi connectivity index (χ2n) is 2.71. The minimum Gasteiger partial charge on any atom is -0.478 e. The monoisotopic (exact) mass is 168 g/mol. The third kappa shape index (κ3) is 1.08. The summed E-state index contributed by atoms with van der Waals surface area (Å²) in [7, 11) is 0. The van der Waals surface area contributed by atoms with Gasteiger partial charge in [-0.2, -0.15) is 5.10 Å². The highest BCUT2D eigenvalue weighted by molar-refractivity contribution is 5.86. The molecule has 1 aromatic rings. The van der Waals surface area contributed by atoms with E-state index in [-0.39, 0.29) is 11.6 Å². The molecule has 5 nitrogen and oxygen atoms in total. The first kappa shape index (κ1) is 7.30. The lowest BCUT2D eigenvalue weighted by molar-refractivity contribution is -0.0286. The number of ether oxygens (including phenoxy) is 1. The van der Waals surface area contributed by atoms with Crippen LogP contribution in [0.3, 0.4) is 0 Å². The minimum atomic E-state index is -0.943. The van der Waals surface area contributed by atoms with Gasteiger partial charge >= 0.3 is 5.97 Å². The van der Waals surface area contributed by atoms with Gasteiger partial charge in [-0.3, -0.25) is 4.68 Å². The van der Waals surface area contributed by atoms with Gasteiger partial charge in [0.15, 0.2) is 0 Å². The Kier molecular flexibility index (Phi) is 1.58. The fourth-order valence-corrected chi connectivity index (χ4v) is 1.02. The van der Waals surface area contributed by atoms with Crippen molar-refractivity contribution in [3.05, 3.63) is 18.0 Å².